The molecule has 0 bridgehead atoms. The van der Waals surface area contributed by atoms with Crippen LogP contribution in [0.15, 0.2) is 36.5 Å². The molecule has 0 aliphatic rings. The van der Waals surface area contributed by atoms with E-state index in [-0.39, 0.29) is 16.4 Å². The molecule has 136 valence electrons. The normalized spacial score (nSPS) is 13.6. The van der Waals surface area contributed by atoms with Gasteiger partial charge in [-0.3, -0.25) is 0 Å². The van der Waals surface area contributed by atoms with Crippen molar-refractivity contribution in [3.63, 3.8) is 0 Å². The third kappa shape index (κ3) is 5.64. The molecule has 0 amide bonds. The molecule has 0 aliphatic carbocycles. The van der Waals surface area contributed by atoms with E-state index in [1.54, 1.807) is 6.20 Å². The van der Waals surface area contributed by atoms with Gasteiger partial charge in [0.05, 0.1) is 16.2 Å². The lowest BCUT2D eigenvalue weighted by Crippen LogP contribution is -2.42. The molecule has 4 nitrogen and oxygen atoms in total. The highest BCUT2D eigenvalue weighted by Gasteiger charge is 2.37. The largest absolute Gasteiger partial charge is 0.414 e. The van der Waals surface area contributed by atoms with Crippen molar-refractivity contribution in [3.8, 4) is 0 Å². The predicted octanol–water partition coefficient (Wildman–Crippen LogP) is 5.91. The Kier molecular flexibility index (Phi) is 6.86. The van der Waals surface area contributed by atoms with Crippen LogP contribution in [-0.4, -0.2) is 24.9 Å². The van der Waals surface area contributed by atoms with Gasteiger partial charge < -0.3 is 9.74 Å². The topological polar surface area (TPSA) is 47.0 Å². The van der Waals surface area contributed by atoms with Gasteiger partial charge in [0.15, 0.2) is 8.32 Å². The Labute approximate surface area is 170 Å². The maximum absolute atomic E-state index is 6.45. The van der Waals surface area contributed by atoms with Crippen LogP contribution in [0.4, 0.5) is 5.82 Å². The molecule has 25 heavy (non-hydrogen) atoms. The minimum atomic E-state index is -1.84. The van der Waals surface area contributed by atoms with Crippen molar-refractivity contribution in [3.05, 3.63) is 50.9 Å². The van der Waals surface area contributed by atoms with Gasteiger partial charge in [0.2, 0.25) is 5.28 Å². The summed E-state index contributed by atoms with van der Waals surface area (Å²) in [7, 11) is -1.84. The molecule has 0 radical (unpaired) electrons. The van der Waals surface area contributed by atoms with E-state index in [2.05, 4.69) is 83.9 Å². The molecule has 0 saturated carbocycles. The number of anilines is 1. The maximum Gasteiger partial charge on any atom is 0.224 e. The summed E-state index contributed by atoms with van der Waals surface area (Å²) in [6.07, 6.45) is 1.72. The maximum atomic E-state index is 6.45. The van der Waals surface area contributed by atoms with Crippen LogP contribution in [0.5, 0.6) is 0 Å². The molecule has 0 spiro atoms. The molecule has 1 aromatic carbocycles. The number of halogens is 2. The molecule has 0 fully saturated rings. The average molecular weight is 490 g/mol. The van der Waals surface area contributed by atoms with Crippen molar-refractivity contribution < 1.29 is 4.43 Å². The van der Waals surface area contributed by atoms with Gasteiger partial charge in [-0.05, 0) is 57.9 Å². The monoisotopic (exact) mass is 489 g/mol. The van der Waals surface area contributed by atoms with Gasteiger partial charge in [-0.15, -0.1) is 0 Å². The van der Waals surface area contributed by atoms with Gasteiger partial charge in [0.25, 0.3) is 0 Å². The van der Waals surface area contributed by atoms with Crippen molar-refractivity contribution in [2.45, 2.75) is 44.9 Å². The molecule has 0 aliphatic heterocycles. The number of hydrogen-bond acceptors (Lipinski definition) is 4. The molecule has 1 aromatic heterocycles. The van der Waals surface area contributed by atoms with E-state index < -0.39 is 8.32 Å². The highest BCUT2D eigenvalue weighted by atomic mass is 127. The smallest absolute Gasteiger partial charge is 0.224 e. The standard InChI is InChI=1S/C18H25ClIN3OSi/c1-18(2,3)25(4,5)24-12-15(13-9-7-6-8-10-13)22-16-14(20)11-21-17(19)23-16/h6-11,15H,12H2,1-5H3,(H,21,22,23)/t15-/m1/s1. The summed E-state index contributed by atoms with van der Waals surface area (Å²) in [5, 5.41) is 3.89. The summed E-state index contributed by atoms with van der Waals surface area (Å²) in [5.41, 5.74) is 1.16. The fourth-order valence-electron chi connectivity index (χ4n) is 2.03. The first-order chi connectivity index (χ1) is 11.6. The van der Waals surface area contributed by atoms with Crippen molar-refractivity contribution in [1.29, 1.82) is 0 Å². The number of hydrogen-bond donors (Lipinski definition) is 1. The molecule has 1 N–H and O–H groups in total. The second kappa shape index (κ2) is 8.33. The molecule has 7 heteroatoms. The third-order valence-electron chi connectivity index (χ3n) is 4.64. The molecule has 0 saturated heterocycles. The SMILES string of the molecule is CC(C)(C)[Si](C)(C)OC[C@@H](Nc1nc(Cl)ncc1I)c1ccccc1. The molecular weight excluding hydrogens is 465 g/mol. The second-order valence-corrected chi connectivity index (χ2v) is 13.8. The van der Waals surface area contributed by atoms with Gasteiger partial charge in [-0.2, -0.15) is 4.98 Å². The summed E-state index contributed by atoms with van der Waals surface area (Å²) in [4.78, 5) is 8.34. The second-order valence-electron chi connectivity index (χ2n) is 7.51. The molecule has 1 atom stereocenters. The van der Waals surface area contributed by atoms with Gasteiger partial charge in [-0.25, -0.2) is 4.98 Å². The lowest BCUT2D eigenvalue weighted by atomic mass is 10.1. The number of benzene rings is 1. The van der Waals surface area contributed by atoms with E-state index in [1.807, 2.05) is 18.2 Å². The first-order valence-corrected chi connectivity index (χ1v) is 12.6. The molecule has 2 aromatic rings. The van der Waals surface area contributed by atoms with E-state index in [9.17, 15) is 0 Å². The van der Waals surface area contributed by atoms with Crippen LogP contribution in [0.2, 0.25) is 23.4 Å². The summed E-state index contributed by atoms with van der Waals surface area (Å²) in [6, 6.07) is 10.3. The third-order valence-corrected chi connectivity index (χ3v) is 10.1. The van der Waals surface area contributed by atoms with E-state index in [0.29, 0.717) is 6.61 Å². The lowest BCUT2D eigenvalue weighted by molar-refractivity contribution is 0.271. The molecule has 0 unspecified atom stereocenters. The zero-order valence-electron chi connectivity index (χ0n) is 15.3. The van der Waals surface area contributed by atoms with Gasteiger partial charge in [0.1, 0.15) is 5.82 Å². The fraction of sp³-hybridized carbons (Fsp3) is 0.444. The minimum absolute atomic E-state index is 0.00481. The quantitative estimate of drug-likeness (QED) is 0.311. The summed E-state index contributed by atoms with van der Waals surface area (Å²) in [5.74, 6) is 0.730. The van der Waals surface area contributed by atoms with E-state index in [1.165, 1.54) is 0 Å². The summed E-state index contributed by atoms with van der Waals surface area (Å²) >= 11 is 8.17. The Balaban J connectivity index is 2.24. The lowest BCUT2D eigenvalue weighted by Gasteiger charge is -2.37. The van der Waals surface area contributed by atoms with Gasteiger partial charge in [-0.1, -0.05) is 51.1 Å². The van der Waals surface area contributed by atoms with Crippen LogP contribution in [0.1, 0.15) is 32.4 Å². The first kappa shape index (κ1) is 20.6. The Hall–Kier alpha value is -0.703. The van der Waals surface area contributed by atoms with E-state index in [4.69, 9.17) is 16.0 Å². The Morgan fingerprint density at radius 3 is 2.48 bits per heavy atom. The van der Waals surface area contributed by atoms with Crippen molar-refractivity contribution >= 4 is 48.3 Å². The Morgan fingerprint density at radius 2 is 1.88 bits per heavy atom. The van der Waals surface area contributed by atoms with Crippen LogP contribution in [-0.2, 0) is 4.43 Å². The number of rotatable bonds is 6. The zero-order chi connectivity index (χ0) is 18.7. The first-order valence-electron chi connectivity index (χ1n) is 8.23. The number of aromatic nitrogens is 2. The van der Waals surface area contributed by atoms with Crippen molar-refractivity contribution in [2.75, 3.05) is 11.9 Å². The van der Waals surface area contributed by atoms with E-state index in [0.717, 1.165) is 15.0 Å². The van der Waals surface area contributed by atoms with Crippen molar-refractivity contribution in [1.82, 2.24) is 9.97 Å². The van der Waals surface area contributed by atoms with Gasteiger partial charge in [0, 0.05) is 6.20 Å². The number of nitrogens with one attached hydrogen (secondary N) is 1. The van der Waals surface area contributed by atoms with Crippen LogP contribution in [0, 0.1) is 3.57 Å². The average Bonchev–Trinajstić information content (AvgIpc) is 2.54. The zero-order valence-corrected chi connectivity index (χ0v) is 19.2. The molecule has 1 heterocycles. The highest BCUT2D eigenvalue weighted by molar-refractivity contribution is 14.1. The van der Waals surface area contributed by atoms with Crippen LogP contribution in [0.25, 0.3) is 0 Å². The summed E-state index contributed by atoms with van der Waals surface area (Å²) < 4.78 is 7.38. The predicted molar refractivity (Wildman–Crippen MR) is 116 cm³/mol. The molecular formula is C18H25ClIN3OSi. The molecule has 2 rings (SSSR count). The number of nitrogens with zero attached hydrogens (tertiary/aromatic N) is 2. The Morgan fingerprint density at radius 1 is 1.24 bits per heavy atom. The van der Waals surface area contributed by atoms with Gasteiger partial charge >= 0.3 is 0 Å². The van der Waals surface area contributed by atoms with Crippen molar-refractivity contribution in [2.24, 2.45) is 0 Å². The van der Waals surface area contributed by atoms with E-state index >= 15 is 0 Å². The highest BCUT2D eigenvalue weighted by Crippen LogP contribution is 2.37. The van der Waals surface area contributed by atoms with Crippen LogP contribution >= 0.6 is 34.2 Å². The fourth-order valence-corrected chi connectivity index (χ4v) is 3.59. The minimum Gasteiger partial charge on any atom is -0.414 e. The van der Waals surface area contributed by atoms with Crippen LogP contribution in [0.3, 0.4) is 0 Å². The summed E-state index contributed by atoms with van der Waals surface area (Å²) in [6.45, 7) is 11.9. The Bertz CT molecular complexity index is 707. The van der Waals surface area contributed by atoms with Crippen LogP contribution < -0.4 is 5.32 Å².